The molecule has 102 valence electrons. The van der Waals surface area contributed by atoms with Crippen LogP contribution in [0.2, 0.25) is 0 Å². The SMILES string of the molecule is Cc1noc(CN2CC(C)(C)NCC2C(C)C)n1. The molecule has 0 spiro atoms. The molecule has 2 rings (SSSR count). The second-order valence-electron chi connectivity index (χ2n) is 6.22. The third kappa shape index (κ3) is 3.09. The predicted molar refractivity (Wildman–Crippen MR) is 70.2 cm³/mol. The van der Waals surface area contributed by atoms with Crippen molar-refractivity contribution < 1.29 is 4.52 Å². The summed E-state index contributed by atoms with van der Waals surface area (Å²) in [7, 11) is 0. The van der Waals surface area contributed by atoms with E-state index in [2.05, 4.69) is 48.1 Å². The highest BCUT2D eigenvalue weighted by molar-refractivity contribution is 4.95. The highest BCUT2D eigenvalue weighted by Gasteiger charge is 2.34. The summed E-state index contributed by atoms with van der Waals surface area (Å²) in [4.78, 5) is 6.76. The first-order valence-electron chi connectivity index (χ1n) is 6.66. The molecule has 0 aromatic carbocycles. The Labute approximate surface area is 109 Å². The number of aromatic nitrogens is 2. The highest BCUT2D eigenvalue weighted by atomic mass is 16.5. The van der Waals surface area contributed by atoms with Crippen LogP contribution in [0.4, 0.5) is 0 Å². The zero-order chi connectivity index (χ0) is 13.3. The Balaban J connectivity index is 2.10. The molecule has 1 aliphatic heterocycles. The zero-order valence-corrected chi connectivity index (χ0v) is 12.0. The summed E-state index contributed by atoms with van der Waals surface area (Å²) < 4.78 is 5.24. The van der Waals surface area contributed by atoms with E-state index >= 15 is 0 Å². The second kappa shape index (κ2) is 4.97. The van der Waals surface area contributed by atoms with Crippen LogP contribution in [0.25, 0.3) is 0 Å². The fourth-order valence-electron chi connectivity index (χ4n) is 2.60. The van der Waals surface area contributed by atoms with Crippen LogP contribution in [0, 0.1) is 12.8 Å². The zero-order valence-electron chi connectivity index (χ0n) is 12.0. The molecule has 0 saturated carbocycles. The molecule has 1 aromatic rings. The molecule has 1 aliphatic rings. The molecule has 1 unspecified atom stereocenters. The number of piperazine rings is 1. The third-order valence-electron chi connectivity index (χ3n) is 3.53. The number of rotatable bonds is 3. The van der Waals surface area contributed by atoms with Crippen molar-refractivity contribution in [2.75, 3.05) is 13.1 Å². The first-order chi connectivity index (χ1) is 8.37. The van der Waals surface area contributed by atoms with Gasteiger partial charge in [0.05, 0.1) is 6.54 Å². The Morgan fingerprint density at radius 3 is 2.78 bits per heavy atom. The van der Waals surface area contributed by atoms with Gasteiger partial charge in [-0.25, -0.2) is 0 Å². The van der Waals surface area contributed by atoms with Gasteiger partial charge >= 0.3 is 0 Å². The molecule has 1 atom stereocenters. The van der Waals surface area contributed by atoms with Crippen LogP contribution in [-0.2, 0) is 6.54 Å². The first kappa shape index (κ1) is 13.5. The summed E-state index contributed by atoms with van der Waals surface area (Å²) in [5, 5.41) is 7.46. The van der Waals surface area contributed by atoms with Gasteiger partial charge in [-0.1, -0.05) is 19.0 Å². The van der Waals surface area contributed by atoms with E-state index in [1.807, 2.05) is 6.92 Å². The minimum absolute atomic E-state index is 0.139. The molecule has 1 N–H and O–H groups in total. The van der Waals surface area contributed by atoms with Crippen molar-refractivity contribution in [3.8, 4) is 0 Å². The molecule has 0 bridgehead atoms. The van der Waals surface area contributed by atoms with E-state index in [1.54, 1.807) is 0 Å². The lowest BCUT2D eigenvalue weighted by atomic mass is 9.93. The Hall–Kier alpha value is -0.940. The molecule has 1 saturated heterocycles. The number of nitrogens with zero attached hydrogens (tertiary/aromatic N) is 3. The Bertz CT molecular complexity index is 399. The van der Waals surface area contributed by atoms with E-state index in [0.717, 1.165) is 25.5 Å². The van der Waals surface area contributed by atoms with Gasteiger partial charge in [0.1, 0.15) is 0 Å². The molecular weight excluding hydrogens is 228 g/mol. The highest BCUT2D eigenvalue weighted by Crippen LogP contribution is 2.21. The summed E-state index contributed by atoms with van der Waals surface area (Å²) >= 11 is 0. The van der Waals surface area contributed by atoms with E-state index in [0.29, 0.717) is 17.8 Å². The van der Waals surface area contributed by atoms with Crippen molar-refractivity contribution in [2.24, 2.45) is 5.92 Å². The van der Waals surface area contributed by atoms with Crippen molar-refractivity contribution in [1.29, 1.82) is 0 Å². The van der Waals surface area contributed by atoms with Crippen LogP contribution < -0.4 is 5.32 Å². The van der Waals surface area contributed by atoms with E-state index in [1.165, 1.54) is 0 Å². The number of aryl methyl sites for hydroxylation is 1. The average Bonchev–Trinajstić information content (AvgIpc) is 2.62. The van der Waals surface area contributed by atoms with Gasteiger partial charge in [0, 0.05) is 24.7 Å². The maximum absolute atomic E-state index is 5.24. The quantitative estimate of drug-likeness (QED) is 0.885. The molecule has 0 radical (unpaired) electrons. The lowest BCUT2D eigenvalue weighted by Gasteiger charge is -2.45. The monoisotopic (exact) mass is 252 g/mol. The Kier molecular flexibility index (Phi) is 3.73. The van der Waals surface area contributed by atoms with Gasteiger partial charge in [-0.3, -0.25) is 4.90 Å². The number of nitrogens with one attached hydrogen (secondary N) is 1. The van der Waals surface area contributed by atoms with Crippen LogP contribution in [0.15, 0.2) is 4.52 Å². The van der Waals surface area contributed by atoms with E-state index in [4.69, 9.17) is 4.52 Å². The van der Waals surface area contributed by atoms with Crippen LogP contribution >= 0.6 is 0 Å². The second-order valence-corrected chi connectivity index (χ2v) is 6.22. The lowest BCUT2D eigenvalue weighted by molar-refractivity contribution is 0.0539. The van der Waals surface area contributed by atoms with Gasteiger partial charge in [-0.15, -0.1) is 0 Å². The minimum Gasteiger partial charge on any atom is -0.338 e. The maximum atomic E-state index is 5.24. The molecule has 2 heterocycles. The van der Waals surface area contributed by atoms with Crippen molar-refractivity contribution in [1.82, 2.24) is 20.4 Å². The van der Waals surface area contributed by atoms with Gasteiger partial charge in [0.15, 0.2) is 5.82 Å². The van der Waals surface area contributed by atoms with Crippen LogP contribution in [0.1, 0.15) is 39.4 Å². The van der Waals surface area contributed by atoms with E-state index in [9.17, 15) is 0 Å². The molecule has 0 aliphatic carbocycles. The van der Waals surface area contributed by atoms with Gasteiger partial charge in [0.2, 0.25) is 5.89 Å². The molecule has 1 fully saturated rings. The maximum Gasteiger partial charge on any atom is 0.240 e. The van der Waals surface area contributed by atoms with E-state index < -0.39 is 0 Å². The van der Waals surface area contributed by atoms with Gasteiger partial charge in [0.25, 0.3) is 0 Å². The number of hydrogen-bond acceptors (Lipinski definition) is 5. The van der Waals surface area contributed by atoms with Gasteiger partial charge in [-0.2, -0.15) is 4.98 Å². The van der Waals surface area contributed by atoms with Crippen LogP contribution in [0.5, 0.6) is 0 Å². The van der Waals surface area contributed by atoms with Crippen LogP contribution in [-0.4, -0.2) is 39.7 Å². The molecule has 5 heteroatoms. The fourth-order valence-corrected chi connectivity index (χ4v) is 2.60. The average molecular weight is 252 g/mol. The van der Waals surface area contributed by atoms with Crippen LogP contribution in [0.3, 0.4) is 0 Å². The Morgan fingerprint density at radius 2 is 2.22 bits per heavy atom. The molecular formula is C13H24N4O. The predicted octanol–water partition coefficient (Wildman–Crippen LogP) is 1.59. The molecule has 0 amide bonds. The Morgan fingerprint density at radius 1 is 1.50 bits per heavy atom. The standard InChI is InChI=1S/C13H24N4O/c1-9(2)11-6-14-13(4,5)8-17(11)7-12-15-10(3)16-18-12/h9,11,14H,6-8H2,1-5H3. The van der Waals surface area contributed by atoms with Gasteiger partial charge in [-0.05, 0) is 26.7 Å². The topological polar surface area (TPSA) is 54.2 Å². The van der Waals surface area contributed by atoms with Crippen molar-refractivity contribution in [3.05, 3.63) is 11.7 Å². The molecule has 1 aromatic heterocycles. The third-order valence-corrected chi connectivity index (χ3v) is 3.53. The van der Waals surface area contributed by atoms with Crippen molar-refractivity contribution in [3.63, 3.8) is 0 Å². The normalized spacial score (nSPS) is 24.7. The van der Waals surface area contributed by atoms with E-state index in [-0.39, 0.29) is 5.54 Å². The minimum atomic E-state index is 0.139. The van der Waals surface area contributed by atoms with Crippen molar-refractivity contribution in [2.45, 2.75) is 52.7 Å². The van der Waals surface area contributed by atoms with Gasteiger partial charge < -0.3 is 9.84 Å². The van der Waals surface area contributed by atoms with Crippen molar-refractivity contribution >= 4 is 0 Å². The molecule has 5 nitrogen and oxygen atoms in total. The fraction of sp³-hybridized carbons (Fsp3) is 0.846. The lowest BCUT2D eigenvalue weighted by Crippen LogP contribution is -2.62. The molecule has 18 heavy (non-hydrogen) atoms. The summed E-state index contributed by atoms with van der Waals surface area (Å²) in [6.07, 6.45) is 0. The summed E-state index contributed by atoms with van der Waals surface area (Å²) in [5.74, 6) is 2.04. The first-order valence-corrected chi connectivity index (χ1v) is 6.66. The largest absolute Gasteiger partial charge is 0.338 e. The summed E-state index contributed by atoms with van der Waals surface area (Å²) in [6.45, 7) is 13.6. The number of hydrogen-bond donors (Lipinski definition) is 1. The smallest absolute Gasteiger partial charge is 0.240 e. The summed E-state index contributed by atoms with van der Waals surface area (Å²) in [5.41, 5.74) is 0.139. The summed E-state index contributed by atoms with van der Waals surface area (Å²) in [6, 6.07) is 0.519.